The van der Waals surface area contributed by atoms with E-state index in [1.807, 2.05) is 0 Å². The van der Waals surface area contributed by atoms with E-state index in [-0.39, 0.29) is 5.91 Å². The Morgan fingerprint density at radius 2 is 2.58 bits per heavy atom. The predicted octanol–water partition coefficient (Wildman–Crippen LogP) is 0.383. The molecule has 1 aromatic rings. The zero-order valence-electron chi connectivity index (χ0n) is 7.00. The first-order valence-electron chi connectivity index (χ1n) is 3.57. The Kier molecular flexibility index (Phi) is 2.82. The third-order valence-corrected chi connectivity index (χ3v) is 1.48. The van der Waals surface area contributed by atoms with Gasteiger partial charge in [-0.05, 0) is 6.92 Å². The predicted molar refractivity (Wildman–Crippen MR) is 43.7 cm³/mol. The van der Waals surface area contributed by atoms with Crippen molar-refractivity contribution in [1.82, 2.24) is 10.2 Å². The molecule has 0 aliphatic heterocycles. The van der Waals surface area contributed by atoms with Crippen molar-refractivity contribution >= 4 is 11.7 Å². The van der Waals surface area contributed by atoms with E-state index >= 15 is 0 Å². The summed E-state index contributed by atoms with van der Waals surface area (Å²) < 4.78 is 4.81. The highest BCUT2D eigenvalue weighted by atomic mass is 16.5. The van der Waals surface area contributed by atoms with Crippen LogP contribution in [0.1, 0.15) is 6.92 Å². The number of hydrogen-bond acceptors (Lipinski definition) is 3. The number of carbonyl (C=O) groups excluding carboxylic acids is 1. The second-order valence-corrected chi connectivity index (χ2v) is 2.34. The molecule has 2 N–H and O–H groups in total. The lowest BCUT2D eigenvalue weighted by Crippen LogP contribution is -2.26. The van der Waals surface area contributed by atoms with Crippen molar-refractivity contribution in [3.8, 4) is 0 Å². The molecule has 0 aliphatic carbocycles. The van der Waals surface area contributed by atoms with E-state index in [4.69, 9.17) is 4.74 Å². The van der Waals surface area contributed by atoms with E-state index in [1.54, 1.807) is 19.2 Å². The zero-order chi connectivity index (χ0) is 8.97. The topological polar surface area (TPSA) is 67.0 Å². The van der Waals surface area contributed by atoms with Crippen molar-refractivity contribution in [2.45, 2.75) is 13.0 Å². The second-order valence-electron chi connectivity index (χ2n) is 2.34. The smallest absolute Gasteiger partial charge is 0.254 e. The average Bonchev–Trinajstić information content (AvgIpc) is 2.55. The minimum atomic E-state index is -0.451. The number of carbonyl (C=O) groups is 1. The molecule has 1 rings (SSSR count). The van der Waals surface area contributed by atoms with E-state index < -0.39 is 6.10 Å². The number of anilines is 1. The largest absolute Gasteiger partial charge is 0.372 e. The number of aromatic amines is 1. The minimum Gasteiger partial charge on any atom is -0.372 e. The summed E-state index contributed by atoms with van der Waals surface area (Å²) in [6.07, 6.45) is 1.11. The molecule has 0 spiro atoms. The molecule has 0 radical (unpaired) electrons. The lowest BCUT2D eigenvalue weighted by molar-refractivity contribution is -0.124. The van der Waals surface area contributed by atoms with E-state index in [2.05, 4.69) is 15.5 Å². The Labute approximate surface area is 70.1 Å². The van der Waals surface area contributed by atoms with Crippen molar-refractivity contribution < 1.29 is 9.53 Å². The summed E-state index contributed by atoms with van der Waals surface area (Å²) in [5.74, 6) is 0.380. The summed E-state index contributed by atoms with van der Waals surface area (Å²) in [7, 11) is 1.48. The van der Waals surface area contributed by atoms with Crippen LogP contribution >= 0.6 is 0 Å². The standard InChI is InChI=1S/C7H11N3O2/c1-5(12-2)7(11)9-6-3-4-8-10-6/h3-5H,1-2H3,(H2,8,9,10,11). The molecule has 1 heterocycles. The monoisotopic (exact) mass is 169 g/mol. The number of nitrogens with zero attached hydrogens (tertiary/aromatic N) is 1. The molecule has 5 nitrogen and oxygen atoms in total. The highest BCUT2D eigenvalue weighted by Gasteiger charge is 2.11. The van der Waals surface area contributed by atoms with Gasteiger partial charge in [-0.2, -0.15) is 5.10 Å². The summed E-state index contributed by atoms with van der Waals surface area (Å²) in [4.78, 5) is 11.2. The van der Waals surface area contributed by atoms with Crippen molar-refractivity contribution in [3.05, 3.63) is 12.3 Å². The quantitative estimate of drug-likeness (QED) is 0.687. The second kappa shape index (κ2) is 3.87. The van der Waals surface area contributed by atoms with Gasteiger partial charge in [0.1, 0.15) is 11.9 Å². The van der Waals surface area contributed by atoms with Crippen molar-refractivity contribution in [2.75, 3.05) is 12.4 Å². The van der Waals surface area contributed by atoms with E-state index in [1.165, 1.54) is 7.11 Å². The Morgan fingerprint density at radius 1 is 1.83 bits per heavy atom. The van der Waals surface area contributed by atoms with Gasteiger partial charge in [-0.25, -0.2) is 0 Å². The van der Waals surface area contributed by atoms with Crippen LogP contribution in [0.25, 0.3) is 0 Å². The first-order chi connectivity index (χ1) is 5.74. The highest BCUT2D eigenvalue weighted by molar-refractivity contribution is 5.92. The van der Waals surface area contributed by atoms with Crippen LogP contribution in [0.5, 0.6) is 0 Å². The van der Waals surface area contributed by atoms with Gasteiger partial charge < -0.3 is 10.1 Å². The molecule has 0 fully saturated rings. The fraction of sp³-hybridized carbons (Fsp3) is 0.429. The normalized spacial score (nSPS) is 12.5. The van der Waals surface area contributed by atoms with Gasteiger partial charge in [-0.1, -0.05) is 0 Å². The number of aromatic nitrogens is 2. The first-order valence-corrected chi connectivity index (χ1v) is 3.57. The molecule has 0 saturated heterocycles. The van der Waals surface area contributed by atoms with Crippen LogP contribution < -0.4 is 5.32 Å². The number of methoxy groups -OCH3 is 1. The number of H-pyrrole nitrogens is 1. The van der Waals surface area contributed by atoms with Gasteiger partial charge in [0.25, 0.3) is 5.91 Å². The van der Waals surface area contributed by atoms with Crippen molar-refractivity contribution in [3.63, 3.8) is 0 Å². The summed E-state index contributed by atoms with van der Waals surface area (Å²) in [6.45, 7) is 1.67. The maximum atomic E-state index is 11.2. The molecule has 1 unspecified atom stereocenters. The molecule has 0 aliphatic rings. The van der Waals surface area contributed by atoms with E-state index in [0.717, 1.165) is 0 Å². The number of hydrogen-bond donors (Lipinski definition) is 2. The molecule has 1 amide bonds. The number of rotatable bonds is 3. The third-order valence-electron chi connectivity index (χ3n) is 1.48. The third kappa shape index (κ3) is 2.06. The molecule has 0 saturated carbocycles. The minimum absolute atomic E-state index is 0.193. The molecule has 1 atom stereocenters. The lowest BCUT2D eigenvalue weighted by Gasteiger charge is -2.07. The molecular formula is C7H11N3O2. The molecular weight excluding hydrogens is 158 g/mol. The Balaban J connectivity index is 2.47. The van der Waals surface area contributed by atoms with Crippen molar-refractivity contribution in [2.24, 2.45) is 0 Å². The van der Waals surface area contributed by atoms with Crippen molar-refractivity contribution in [1.29, 1.82) is 0 Å². The Morgan fingerprint density at radius 3 is 3.08 bits per heavy atom. The molecule has 1 aromatic heterocycles. The van der Waals surface area contributed by atoms with Gasteiger partial charge in [0, 0.05) is 13.2 Å². The summed E-state index contributed by atoms with van der Waals surface area (Å²) in [6, 6.07) is 1.67. The SMILES string of the molecule is COC(C)C(=O)Nc1ccn[nH]1. The van der Waals surface area contributed by atoms with Crippen LogP contribution in [0.4, 0.5) is 5.82 Å². The highest BCUT2D eigenvalue weighted by Crippen LogP contribution is 2.00. The summed E-state index contributed by atoms with van der Waals surface area (Å²) >= 11 is 0. The molecule has 12 heavy (non-hydrogen) atoms. The van der Waals surface area contributed by atoms with Gasteiger partial charge in [-0.3, -0.25) is 9.89 Å². The number of ether oxygens (including phenoxy) is 1. The molecule has 0 aromatic carbocycles. The van der Waals surface area contributed by atoms with Gasteiger partial charge >= 0.3 is 0 Å². The lowest BCUT2D eigenvalue weighted by atomic mass is 10.4. The summed E-state index contributed by atoms with van der Waals surface area (Å²) in [5.41, 5.74) is 0. The van der Waals surface area contributed by atoms with Crippen LogP contribution in [0.2, 0.25) is 0 Å². The van der Waals surface area contributed by atoms with Crippen LogP contribution in [-0.4, -0.2) is 29.3 Å². The van der Waals surface area contributed by atoms with Crippen LogP contribution in [-0.2, 0) is 9.53 Å². The van der Waals surface area contributed by atoms with Crippen LogP contribution in [0, 0.1) is 0 Å². The number of amides is 1. The Bertz CT molecular complexity index is 245. The van der Waals surface area contributed by atoms with Gasteiger partial charge in [-0.15, -0.1) is 0 Å². The van der Waals surface area contributed by atoms with E-state index in [9.17, 15) is 4.79 Å². The fourth-order valence-corrected chi connectivity index (χ4v) is 0.667. The molecule has 66 valence electrons. The molecule has 5 heteroatoms. The van der Waals surface area contributed by atoms with Gasteiger partial charge in [0.05, 0.1) is 6.20 Å². The first kappa shape index (κ1) is 8.73. The van der Waals surface area contributed by atoms with Gasteiger partial charge in [0.15, 0.2) is 0 Å². The maximum Gasteiger partial charge on any atom is 0.254 e. The maximum absolute atomic E-state index is 11.2. The van der Waals surface area contributed by atoms with Crippen LogP contribution in [0.15, 0.2) is 12.3 Å². The van der Waals surface area contributed by atoms with Crippen LogP contribution in [0.3, 0.4) is 0 Å². The average molecular weight is 169 g/mol. The number of nitrogens with one attached hydrogen (secondary N) is 2. The van der Waals surface area contributed by atoms with Gasteiger partial charge in [0.2, 0.25) is 0 Å². The Hall–Kier alpha value is -1.36. The molecule has 0 bridgehead atoms. The summed E-state index contributed by atoms with van der Waals surface area (Å²) in [5, 5.41) is 8.88. The fourth-order valence-electron chi connectivity index (χ4n) is 0.667. The van der Waals surface area contributed by atoms with E-state index in [0.29, 0.717) is 5.82 Å². The zero-order valence-corrected chi connectivity index (χ0v) is 7.00.